The highest BCUT2D eigenvalue weighted by atomic mass is 16.2. The van der Waals surface area contributed by atoms with E-state index >= 15 is 0 Å². The van der Waals surface area contributed by atoms with E-state index in [4.69, 9.17) is 0 Å². The van der Waals surface area contributed by atoms with Crippen LogP contribution in [0.15, 0.2) is 78.9 Å². The van der Waals surface area contributed by atoms with Crippen molar-refractivity contribution in [2.75, 3.05) is 7.05 Å². The molecule has 1 amide bonds. The van der Waals surface area contributed by atoms with Gasteiger partial charge in [-0.05, 0) is 28.0 Å². The topological polar surface area (TPSA) is 20.3 Å². The highest BCUT2D eigenvalue weighted by Gasteiger charge is 2.08. The van der Waals surface area contributed by atoms with Crippen LogP contribution >= 0.6 is 0 Å². The molecule has 0 spiro atoms. The van der Waals surface area contributed by atoms with Crippen LogP contribution in [0.5, 0.6) is 0 Å². The molecule has 0 aliphatic heterocycles. The molecule has 0 radical (unpaired) electrons. The molecule has 2 nitrogen and oxygen atoms in total. The van der Waals surface area contributed by atoms with Gasteiger partial charge in [0.2, 0.25) is 5.91 Å². The Morgan fingerprint density at radius 2 is 1.61 bits per heavy atom. The second-order valence-corrected chi connectivity index (χ2v) is 5.58. The zero-order valence-electron chi connectivity index (χ0n) is 13.1. The maximum Gasteiger partial charge on any atom is 0.246 e. The van der Waals surface area contributed by atoms with Gasteiger partial charge in [0.1, 0.15) is 0 Å². The summed E-state index contributed by atoms with van der Waals surface area (Å²) in [5, 5.41) is 2.40. The third kappa shape index (κ3) is 3.67. The molecule has 0 unspecified atom stereocenters. The first-order valence-corrected chi connectivity index (χ1v) is 7.69. The maximum absolute atomic E-state index is 12.3. The van der Waals surface area contributed by atoms with E-state index in [-0.39, 0.29) is 5.91 Å². The van der Waals surface area contributed by atoms with Crippen LogP contribution in [0.2, 0.25) is 0 Å². The predicted octanol–water partition coefficient (Wildman–Crippen LogP) is 4.51. The molecule has 3 aromatic rings. The Kier molecular flexibility index (Phi) is 4.53. The van der Waals surface area contributed by atoms with Gasteiger partial charge in [-0.1, -0.05) is 72.8 Å². The lowest BCUT2D eigenvalue weighted by molar-refractivity contribution is -0.125. The summed E-state index contributed by atoms with van der Waals surface area (Å²) in [7, 11) is 1.83. The summed E-state index contributed by atoms with van der Waals surface area (Å²) in [5.74, 6) is 0.00165. The van der Waals surface area contributed by atoms with Gasteiger partial charge >= 0.3 is 0 Å². The molecule has 0 bridgehead atoms. The van der Waals surface area contributed by atoms with Crippen molar-refractivity contribution in [2.45, 2.75) is 6.54 Å². The number of rotatable bonds is 4. The third-order valence-corrected chi connectivity index (χ3v) is 3.88. The zero-order valence-corrected chi connectivity index (χ0v) is 13.1. The minimum Gasteiger partial charge on any atom is -0.338 e. The number of amides is 1. The number of carbonyl (C=O) groups excluding carboxylic acids is 1. The van der Waals surface area contributed by atoms with Gasteiger partial charge in [0.15, 0.2) is 0 Å². The molecular weight excluding hydrogens is 282 g/mol. The first-order chi connectivity index (χ1) is 11.2. The number of nitrogens with zero attached hydrogens (tertiary/aromatic N) is 1. The van der Waals surface area contributed by atoms with Crippen molar-refractivity contribution in [1.29, 1.82) is 0 Å². The van der Waals surface area contributed by atoms with Crippen LogP contribution in [-0.4, -0.2) is 17.9 Å². The standard InChI is InChI=1S/C21H19NO/c1-22(21(23)15-14-17-8-3-2-4-9-17)16-19-12-7-11-18-10-5-6-13-20(18)19/h2-15H,16H2,1H3. The van der Waals surface area contributed by atoms with E-state index in [9.17, 15) is 4.79 Å². The fourth-order valence-electron chi connectivity index (χ4n) is 2.62. The predicted molar refractivity (Wildman–Crippen MR) is 95.9 cm³/mol. The fourth-order valence-corrected chi connectivity index (χ4v) is 2.62. The lowest BCUT2D eigenvalue weighted by atomic mass is 10.0. The van der Waals surface area contributed by atoms with Crippen LogP contribution in [0, 0.1) is 0 Å². The van der Waals surface area contributed by atoms with Crippen LogP contribution in [-0.2, 0) is 11.3 Å². The molecule has 0 atom stereocenters. The van der Waals surface area contributed by atoms with E-state index in [0.717, 1.165) is 11.1 Å². The van der Waals surface area contributed by atoms with E-state index < -0.39 is 0 Å². The van der Waals surface area contributed by atoms with Crippen LogP contribution in [0.1, 0.15) is 11.1 Å². The highest BCUT2D eigenvalue weighted by molar-refractivity contribution is 5.92. The van der Waals surface area contributed by atoms with Crippen molar-refractivity contribution in [3.05, 3.63) is 90.0 Å². The number of benzene rings is 3. The fraction of sp³-hybridized carbons (Fsp3) is 0.0952. The van der Waals surface area contributed by atoms with Crippen molar-refractivity contribution in [3.63, 3.8) is 0 Å². The number of fused-ring (bicyclic) bond motifs is 1. The Morgan fingerprint density at radius 1 is 0.913 bits per heavy atom. The van der Waals surface area contributed by atoms with Crippen LogP contribution in [0.3, 0.4) is 0 Å². The third-order valence-electron chi connectivity index (χ3n) is 3.88. The molecule has 3 rings (SSSR count). The SMILES string of the molecule is CN(Cc1cccc2ccccc12)C(=O)C=Cc1ccccc1. The van der Waals surface area contributed by atoms with E-state index in [1.165, 1.54) is 10.8 Å². The minimum absolute atomic E-state index is 0.00165. The lowest BCUT2D eigenvalue weighted by Crippen LogP contribution is -2.24. The number of hydrogen-bond donors (Lipinski definition) is 0. The Labute approximate surface area is 136 Å². The Morgan fingerprint density at radius 3 is 2.43 bits per heavy atom. The first-order valence-electron chi connectivity index (χ1n) is 7.69. The zero-order chi connectivity index (χ0) is 16.1. The van der Waals surface area contributed by atoms with Gasteiger partial charge in [0, 0.05) is 19.7 Å². The summed E-state index contributed by atoms with van der Waals surface area (Å²) in [6.07, 6.45) is 3.47. The average Bonchev–Trinajstić information content (AvgIpc) is 2.61. The smallest absolute Gasteiger partial charge is 0.246 e. The van der Waals surface area contributed by atoms with Crippen molar-refractivity contribution in [1.82, 2.24) is 4.90 Å². The van der Waals surface area contributed by atoms with Crippen molar-refractivity contribution >= 4 is 22.8 Å². The molecule has 114 valence electrons. The normalized spacial score (nSPS) is 11.0. The van der Waals surface area contributed by atoms with Gasteiger partial charge in [-0.2, -0.15) is 0 Å². The summed E-state index contributed by atoms with van der Waals surface area (Å²) in [4.78, 5) is 14.0. The van der Waals surface area contributed by atoms with Gasteiger partial charge in [-0.3, -0.25) is 4.79 Å². The molecule has 3 aromatic carbocycles. The largest absolute Gasteiger partial charge is 0.338 e. The quantitative estimate of drug-likeness (QED) is 0.649. The highest BCUT2D eigenvalue weighted by Crippen LogP contribution is 2.19. The van der Waals surface area contributed by atoms with Crippen LogP contribution in [0.4, 0.5) is 0 Å². The summed E-state index contributed by atoms with van der Waals surface area (Å²) < 4.78 is 0. The van der Waals surface area contributed by atoms with E-state index in [0.29, 0.717) is 6.54 Å². The molecule has 0 aromatic heterocycles. The Hall–Kier alpha value is -2.87. The maximum atomic E-state index is 12.3. The molecular formula is C21H19NO. The van der Waals surface area contributed by atoms with Gasteiger partial charge < -0.3 is 4.90 Å². The molecule has 2 heteroatoms. The molecule has 0 saturated heterocycles. The van der Waals surface area contributed by atoms with Gasteiger partial charge in [0.05, 0.1) is 0 Å². The van der Waals surface area contributed by atoms with Crippen molar-refractivity contribution in [3.8, 4) is 0 Å². The van der Waals surface area contributed by atoms with E-state index in [1.807, 2.05) is 61.7 Å². The van der Waals surface area contributed by atoms with Crippen LogP contribution in [0.25, 0.3) is 16.8 Å². The molecule has 0 aliphatic carbocycles. The van der Waals surface area contributed by atoms with Crippen molar-refractivity contribution in [2.24, 2.45) is 0 Å². The second-order valence-electron chi connectivity index (χ2n) is 5.58. The summed E-state index contributed by atoms with van der Waals surface area (Å²) >= 11 is 0. The minimum atomic E-state index is 0.00165. The Bertz CT molecular complexity index is 831. The van der Waals surface area contributed by atoms with E-state index in [2.05, 4.69) is 24.3 Å². The lowest BCUT2D eigenvalue weighted by Gasteiger charge is -2.16. The Balaban J connectivity index is 1.74. The summed E-state index contributed by atoms with van der Waals surface area (Å²) in [6.45, 7) is 0.597. The van der Waals surface area contributed by atoms with Gasteiger partial charge in [-0.25, -0.2) is 0 Å². The number of carbonyl (C=O) groups is 1. The number of hydrogen-bond acceptors (Lipinski definition) is 1. The molecule has 0 saturated carbocycles. The van der Waals surface area contributed by atoms with Crippen molar-refractivity contribution < 1.29 is 4.79 Å². The monoisotopic (exact) mass is 301 g/mol. The molecule has 0 heterocycles. The second kappa shape index (κ2) is 6.93. The number of likely N-dealkylation sites (N-methyl/N-ethyl adjacent to an activating group) is 1. The molecule has 23 heavy (non-hydrogen) atoms. The van der Waals surface area contributed by atoms with Gasteiger partial charge in [0.25, 0.3) is 0 Å². The molecule has 0 aliphatic rings. The molecule has 0 N–H and O–H groups in total. The first kappa shape index (κ1) is 15.0. The van der Waals surface area contributed by atoms with Crippen LogP contribution < -0.4 is 0 Å². The molecule has 0 fully saturated rings. The average molecular weight is 301 g/mol. The van der Waals surface area contributed by atoms with E-state index in [1.54, 1.807) is 11.0 Å². The van der Waals surface area contributed by atoms with Gasteiger partial charge in [-0.15, -0.1) is 0 Å². The summed E-state index contributed by atoms with van der Waals surface area (Å²) in [6, 6.07) is 24.3. The summed E-state index contributed by atoms with van der Waals surface area (Å²) in [5.41, 5.74) is 2.19.